The zero-order valence-corrected chi connectivity index (χ0v) is 110. The molecule has 0 aromatic heterocycles. The number of hydrogen-bond acceptors (Lipinski definition) is 88. The Morgan fingerprint density at radius 1 is 0.176 bits per heavy atom. The van der Waals surface area contributed by atoms with Gasteiger partial charge in [0.1, 0.15) is 0 Å². The van der Waals surface area contributed by atoms with Gasteiger partial charge in [-0.3, -0.25) is 0 Å². The van der Waals surface area contributed by atoms with Gasteiger partial charge in [-0.05, 0) is 108 Å². The van der Waals surface area contributed by atoms with Crippen LogP contribution in [0.15, 0.2) is 0 Å². The van der Waals surface area contributed by atoms with Crippen molar-refractivity contribution in [3.63, 3.8) is 0 Å². The van der Waals surface area contributed by atoms with Gasteiger partial charge in [0.15, 0.2) is 0 Å². The summed E-state index contributed by atoms with van der Waals surface area (Å²) in [6, 6.07) is 0. The Labute approximate surface area is 858 Å². The number of thiol groups is 1. The van der Waals surface area contributed by atoms with Crippen molar-refractivity contribution in [2.75, 3.05) is 6.61 Å². The minimum absolute atomic E-state index is 0.578. The second kappa shape index (κ2) is 115. The maximum atomic E-state index is 5.41. The van der Waals surface area contributed by atoms with E-state index in [-0.39, 0.29) is 0 Å². The van der Waals surface area contributed by atoms with Gasteiger partial charge in [0.25, 0.3) is 0 Å². The Morgan fingerprint density at radius 2 is 0.264 bits per heavy atom. The summed E-state index contributed by atoms with van der Waals surface area (Å²) in [6.45, 7) is 0.688. The van der Waals surface area contributed by atoms with Crippen LogP contribution in [0.1, 0.15) is 6.92 Å². The summed E-state index contributed by atoms with van der Waals surface area (Å²) in [5.74, 6) is 0. The molecule has 0 amide bonds. The normalized spacial score (nSPS) is 12.0. The molecule has 0 aliphatic rings. The van der Waals surface area contributed by atoms with Crippen molar-refractivity contribution in [3.8, 4) is 0 Å². The van der Waals surface area contributed by atoms with Gasteiger partial charge in [-0.25, -0.2) is 0 Å². The molecule has 0 unspecified atom stereocenters. The third-order valence-electron chi connectivity index (χ3n) is 2.65. The third kappa shape index (κ3) is 117. The predicted molar refractivity (Wildman–Crippen MR) is 680 cm³/mol. The summed E-state index contributed by atoms with van der Waals surface area (Å²) in [7, 11) is 152. The molecule has 0 aromatic carbocycles. The Kier molecular flexibility index (Phi) is 153. The first kappa shape index (κ1) is 122. The molecule has 0 aromatic rings. The van der Waals surface area contributed by atoms with Crippen LogP contribution >= 0.6 is 837 Å². The fourth-order valence-electron chi connectivity index (χ4n) is 1.13. The smallest absolute Gasteiger partial charge is 0.0820 e. The van der Waals surface area contributed by atoms with E-state index in [0.717, 1.165) is 0 Å². The van der Waals surface area contributed by atoms with Gasteiger partial charge >= 0.3 is 0 Å². The van der Waals surface area contributed by atoms with Crippen LogP contribution in [-0.2, 0) is 33.0 Å². The van der Waals surface area contributed by atoms with Gasteiger partial charge in [-0.15, -0.1) is 0 Å². The van der Waals surface area contributed by atoms with Gasteiger partial charge in [-0.2, -0.15) is 0 Å². The van der Waals surface area contributed by atoms with Crippen LogP contribution in [0.5, 0.6) is 0 Å². The van der Waals surface area contributed by atoms with E-state index in [4.69, 9.17) is 26.6 Å². The molecule has 0 rings (SSSR count). The summed E-state index contributed by atoms with van der Waals surface area (Å²) in [6.07, 6.45) is 0. The van der Waals surface area contributed by atoms with E-state index in [0.29, 0.717) is 6.61 Å². The molecule has 0 spiro atoms. The SMILES string of the molecule is CCOS(=S)(=S)SSSSSSSSSSSSSSSSSSSSSSSSSSSSSSSSSSSSSSSSSSSSSSSSSSSSSSSSSSSSSSSSSSSSSSSSSSSSSSSSSSSSS. The van der Waals surface area contributed by atoms with Crippen LogP contribution in [0.4, 0.5) is 0 Å². The monoisotopic (exact) mass is 2860 g/mol. The first-order valence-corrected chi connectivity index (χ1v) is 132. The van der Waals surface area contributed by atoms with E-state index in [2.05, 4.69) is 11.7 Å². The molecular weight excluding hydrogens is 2860 g/mol. The van der Waals surface area contributed by atoms with Crippen molar-refractivity contribution in [3.05, 3.63) is 0 Å². The molecule has 0 aliphatic carbocycles. The van der Waals surface area contributed by atoms with E-state index in [1.165, 1.54) is 19.7 Å². The molecule has 0 radical (unpaired) electrons. The van der Waals surface area contributed by atoms with Gasteiger partial charge in [0.05, 0.1) is 13.1 Å². The van der Waals surface area contributed by atoms with Gasteiger partial charge in [-0.1, -0.05) is 11.7 Å². The van der Waals surface area contributed by atoms with Crippen molar-refractivity contribution in [1.82, 2.24) is 0 Å². The second-order valence-corrected chi connectivity index (χ2v) is 162. The van der Waals surface area contributed by atoms with E-state index < -0.39 is 6.46 Å². The van der Waals surface area contributed by atoms with Gasteiger partial charge in [0, 0.05) is 747 Å². The van der Waals surface area contributed by atoms with E-state index in [1.54, 1.807) is 138 Å². The highest BCUT2D eigenvalue weighted by atomic mass is 34.1. The zero-order valence-electron chi connectivity index (χ0n) is 38.1. The lowest BCUT2D eigenvalue weighted by atomic mass is 10.9. The second-order valence-electron chi connectivity index (χ2n) is 6.54. The molecule has 0 fully saturated rings. The highest BCUT2D eigenvalue weighted by Gasteiger charge is 2.09. The minimum Gasteiger partial charge on any atom is -0.302 e. The predicted octanol–water partition coefficient (Wildman–Crippen LogP) is 55.3. The zero-order chi connectivity index (χ0) is 65.3. The Balaban J connectivity index is 3.10. The number of rotatable bonds is 86. The fraction of sp³-hybridized carbons (Fsp3) is 1.00. The van der Waals surface area contributed by atoms with Crippen molar-refractivity contribution in [1.29, 1.82) is 0 Å². The standard InChI is InChI=1S/C2H6OS88/c1-2-3-91(5,6)90-89-88-87-86-85-84-83-82-81-80-79-78-77-76-75-74-73-72-71-70-69-68-67-66-65-64-63-62-61-60-59-58-57-56-55-54-53-52-51-50-49-48-47-46-45-44-43-42-41-40-39-38-37-36-35-34-33-32-31-30-29-28-27-26-25-24-23-22-21-20-19-18-17-16-15-14-13-12-11-10-9-8-7-4/h4H,2H2,1H3. The van der Waals surface area contributed by atoms with Crippen LogP contribution < -0.4 is 0 Å². The average molecular weight is 2870 g/mol. The summed E-state index contributed by atoms with van der Waals surface area (Å²) >= 11 is 14.7. The minimum atomic E-state index is -1.82. The summed E-state index contributed by atoms with van der Waals surface area (Å²) < 4.78 is 5.41. The largest absolute Gasteiger partial charge is 0.302 e. The lowest BCUT2D eigenvalue weighted by Gasteiger charge is -2.06. The molecule has 548 valence electrons. The average Bonchev–Trinajstić information content (AvgIpc) is 3.74. The first-order valence-electron chi connectivity index (χ1n) is 15.7. The van der Waals surface area contributed by atoms with E-state index >= 15 is 0 Å². The number of hydrogen-bond donors (Lipinski definition) is 1. The molecule has 0 saturated carbocycles. The molecular formula is C2H6OS88. The molecule has 0 aliphatic heterocycles. The van der Waals surface area contributed by atoms with Crippen molar-refractivity contribution in [2.24, 2.45) is 0 Å². The van der Waals surface area contributed by atoms with E-state index in [1.807, 2.05) is 675 Å². The molecule has 0 N–H and O–H groups in total. The van der Waals surface area contributed by atoms with Crippen LogP contribution in [0, 0.1) is 0 Å². The highest BCUT2D eigenvalue weighted by Crippen LogP contribution is 2.73. The lowest BCUT2D eigenvalue weighted by molar-refractivity contribution is 0.402. The fourth-order valence-corrected chi connectivity index (χ4v) is 234. The molecule has 89 heteroatoms. The van der Waals surface area contributed by atoms with Crippen LogP contribution in [0.25, 0.3) is 0 Å². The van der Waals surface area contributed by atoms with Crippen LogP contribution in [0.3, 0.4) is 0 Å². The molecule has 0 saturated heterocycles. The van der Waals surface area contributed by atoms with Crippen LogP contribution in [-0.4, -0.2) is 6.61 Å². The lowest BCUT2D eigenvalue weighted by Crippen LogP contribution is -1.93. The maximum absolute atomic E-state index is 5.41. The molecule has 1 nitrogen and oxygen atoms in total. The molecule has 0 bridgehead atoms. The van der Waals surface area contributed by atoms with Crippen molar-refractivity contribution < 1.29 is 4.18 Å². The third-order valence-corrected chi connectivity index (χ3v) is 194. The van der Waals surface area contributed by atoms with Gasteiger partial charge in [0.2, 0.25) is 0 Å². The molecule has 91 heavy (non-hydrogen) atoms. The Morgan fingerprint density at radius 3 is 0.352 bits per heavy atom. The summed E-state index contributed by atoms with van der Waals surface area (Å²) in [5.41, 5.74) is 0. The van der Waals surface area contributed by atoms with Gasteiger partial charge < -0.3 is 4.18 Å². The molecule has 0 atom stereocenters. The Hall–Kier alpha value is 30.5. The molecule has 0 heterocycles. The van der Waals surface area contributed by atoms with E-state index in [9.17, 15) is 0 Å². The summed E-state index contributed by atoms with van der Waals surface area (Å²) in [4.78, 5) is 0. The van der Waals surface area contributed by atoms with Crippen LogP contribution in [0.2, 0.25) is 0 Å². The topological polar surface area (TPSA) is 9.23 Å². The quantitative estimate of drug-likeness (QED) is 0.0352. The highest BCUT2D eigenvalue weighted by molar-refractivity contribution is 9.67. The Bertz CT molecular complexity index is 1340. The summed E-state index contributed by atoms with van der Waals surface area (Å²) in [5, 5.41) is 0. The van der Waals surface area contributed by atoms with Crippen molar-refractivity contribution >= 4 is 866 Å². The van der Waals surface area contributed by atoms with Crippen molar-refractivity contribution in [2.45, 2.75) is 6.92 Å². The first-order chi connectivity index (χ1) is 45.1. The maximum Gasteiger partial charge on any atom is 0.0820 e.